The summed E-state index contributed by atoms with van der Waals surface area (Å²) in [5.41, 5.74) is -0.565. The second-order valence-corrected chi connectivity index (χ2v) is 8.22. The minimum absolute atomic E-state index is 0.0223. The molecule has 0 aliphatic carbocycles. The summed E-state index contributed by atoms with van der Waals surface area (Å²) in [5, 5.41) is 6.71. The van der Waals surface area contributed by atoms with Crippen molar-refractivity contribution in [3.8, 4) is 5.75 Å². The normalized spacial score (nSPS) is 11.2. The predicted octanol–water partition coefficient (Wildman–Crippen LogP) is 4.91. The van der Waals surface area contributed by atoms with Crippen LogP contribution in [0.15, 0.2) is 36.5 Å². The molecule has 3 rings (SSSR count). The van der Waals surface area contributed by atoms with Gasteiger partial charge in [-0.3, -0.25) is 4.79 Å². The number of hydrogen-bond donors (Lipinski definition) is 1. The smallest absolute Gasteiger partial charge is 0.416 e. The van der Waals surface area contributed by atoms with Crippen molar-refractivity contribution in [3.63, 3.8) is 0 Å². The summed E-state index contributed by atoms with van der Waals surface area (Å²) in [6.07, 6.45) is -3.11. The molecule has 36 heavy (non-hydrogen) atoms. The number of carbonyl (C=O) groups is 3. The molecular weight excluding hydrogens is 503 g/mol. The van der Waals surface area contributed by atoms with Crippen LogP contribution in [0.25, 0.3) is 0 Å². The Kier molecular flexibility index (Phi) is 8.35. The average molecular weight is 526 g/mol. The number of nitrogens with one attached hydrogen (secondary N) is 1. The Morgan fingerprint density at radius 1 is 1.08 bits per heavy atom. The number of hydrogen-bond acceptors (Lipinski definition) is 8. The number of amides is 1. The van der Waals surface area contributed by atoms with Crippen LogP contribution < -0.4 is 10.1 Å². The Hall–Kier alpha value is -3.87. The molecule has 0 atom stereocenters. The van der Waals surface area contributed by atoms with E-state index in [4.69, 9.17) is 14.2 Å². The van der Waals surface area contributed by atoms with E-state index in [2.05, 4.69) is 10.4 Å². The Labute approximate surface area is 207 Å². The highest BCUT2D eigenvalue weighted by Crippen LogP contribution is 2.35. The third-order valence-electron chi connectivity index (χ3n) is 4.71. The van der Waals surface area contributed by atoms with Crippen LogP contribution in [-0.4, -0.2) is 40.8 Å². The lowest BCUT2D eigenvalue weighted by Gasteiger charge is -2.10. The van der Waals surface area contributed by atoms with Crippen molar-refractivity contribution in [1.29, 1.82) is 0 Å². The molecule has 0 fully saturated rings. The van der Waals surface area contributed by atoms with E-state index in [1.54, 1.807) is 20.8 Å². The third-order valence-corrected chi connectivity index (χ3v) is 5.90. The maximum absolute atomic E-state index is 12.9. The van der Waals surface area contributed by atoms with Gasteiger partial charge in [-0.05, 0) is 50.6 Å². The zero-order chi connectivity index (χ0) is 26.5. The van der Waals surface area contributed by atoms with Crippen LogP contribution in [0, 0.1) is 6.92 Å². The monoisotopic (exact) mass is 525 g/mol. The second-order valence-electron chi connectivity index (χ2n) is 7.19. The van der Waals surface area contributed by atoms with E-state index in [0.29, 0.717) is 5.56 Å². The largest absolute Gasteiger partial charge is 0.471 e. The highest BCUT2D eigenvalue weighted by Gasteiger charge is 2.31. The van der Waals surface area contributed by atoms with Gasteiger partial charge in [0.25, 0.3) is 5.91 Å². The predicted molar refractivity (Wildman–Crippen MR) is 123 cm³/mol. The number of anilines is 1. The first kappa shape index (κ1) is 26.7. The highest BCUT2D eigenvalue weighted by molar-refractivity contribution is 7.18. The lowest BCUT2D eigenvalue weighted by molar-refractivity contribution is -0.137. The lowest BCUT2D eigenvalue weighted by atomic mass is 10.1. The summed E-state index contributed by atoms with van der Waals surface area (Å²) < 4.78 is 55.2. The molecule has 0 aliphatic rings. The van der Waals surface area contributed by atoms with Gasteiger partial charge in [-0.2, -0.15) is 18.3 Å². The first-order valence-electron chi connectivity index (χ1n) is 10.7. The number of alkyl halides is 3. The maximum atomic E-state index is 12.9. The number of aromatic nitrogens is 2. The standard InChI is InChI=1S/C23H22F3N3O6S/c1-4-33-21(31)17-13(3)18(22(32)34-5-2)36-20(17)27-19(30)16-9-10-29(28-16)12-35-15-8-6-7-14(11-15)23(24,25)26/h6-11H,4-5,12H2,1-3H3,(H,27,30). The van der Waals surface area contributed by atoms with Gasteiger partial charge in [0.1, 0.15) is 15.6 Å². The number of esters is 2. The topological polar surface area (TPSA) is 109 Å². The van der Waals surface area contributed by atoms with Crippen LogP contribution >= 0.6 is 11.3 Å². The Morgan fingerprint density at radius 3 is 2.44 bits per heavy atom. The van der Waals surface area contributed by atoms with Crippen molar-refractivity contribution in [2.45, 2.75) is 33.7 Å². The van der Waals surface area contributed by atoms with E-state index in [-0.39, 0.29) is 46.8 Å². The quantitative estimate of drug-likeness (QED) is 0.395. The van der Waals surface area contributed by atoms with Gasteiger partial charge < -0.3 is 19.5 Å². The van der Waals surface area contributed by atoms with Crippen molar-refractivity contribution in [3.05, 3.63) is 63.8 Å². The zero-order valence-electron chi connectivity index (χ0n) is 19.5. The first-order valence-corrected chi connectivity index (χ1v) is 11.5. The molecule has 0 spiro atoms. The molecule has 9 nitrogen and oxygen atoms in total. The van der Waals surface area contributed by atoms with Gasteiger partial charge in [0.2, 0.25) is 0 Å². The van der Waals surface area contributed by atoms with Gasteiger partial charge >= 0.3 is 18.1 Å². The molecule has 1 amide bonds. The molecule has 0 saturated heterocycles. The number of ether oxygens (including phenoxy) is 3. The summed E-state index contributed by atoms with van der Waals surface area (Å²) in [5.74, 6) is -2.06. The van der Waals surface area contributed by atoms with Crippen molar-refractivity contribution < 1.29 is 41.8 Å². The van der Waals surface area contributed by atoms with Crippen LogP contribution in [0.1, 0.15) is 55.5 Å². The van der Waals surface area contributed by atoms with E-state index in [9.17, 15) is 27.6 Å². The second kappa shape index (κ2) is 11.2. The number of carbonyl (C=O) groups excluding carboxylic acids is 3. The fraction of sp³-hybridized carbons (Fsp3) is 0.304. The number of nitrogens with zero attached hydrogens (tertiary/aromatic N) is 2. The summed E-state index contributed by atoms with van der Waals surface area (Å²) >= 11 is 0.870. The molecule has 13 heteroatoms. The van der Waals surface area contributed by atoms with Crippen molar-refractivity contribution >= 4 is 34.2 Å². The van der Waals surface area contributed by atoms with Gasteiger partial charge in [0, 0.05) is 6.20 Å². The van der Waals surface area contributed by atoms with E-state index in [0.717, 1.165) is 23.5 Å². The van der Waals surface area contributed by atoms with E-state index < -0.39 is 29.6 Å². The number of thiophene rings is 1. The van der Waals surface area contributed by atoms with Crippen molar-refractivity contribution in [1.82, 2.24) is 9.78 Å². The molecule has 2 aromatic heterocycles. The SMILES string of the molecule is CCOC(=O)c1sc(NC(=O)c2ccn(COc3cccc(C(F)(F)F)c3)n2)c(C(=O)OCC)c1C. The van der Waals surface area contributed by atoms with Crippen LogP contribution in [-0.2, 0) is 22.4 Å². The third kappa shape index (κ3) is 6.22. The lowest BCUT2D eigenvalue weighted by Crippen LogP contribution is -2.16. The Bertz CT molecular complexity index is 1270. The first-order chi connectivity index (χ1) is 17.0. The van der Waals surface area contributed by atoms with Gasteiger partial charge in [0.05, 0.1) is 24.3 Å². The molecule has 3 aromatic rings. The van der Waals surface area contributed by atoms with Gasteiger partial charge in [0.15, 0.2) is 12.4 Å². The number of rotatable bonds is 9. The molecule has 1 N–H and O–H groups in total. The summed E-state index contributed by atoms with van der Waals surface area (Å²) in [6.45, 7) is 4.78. The summed E-state index contributed by atoms with van der Waals surface area (Å²) in [4.78, 5) is 37.7. The van der Waals surface area contributed by atoms with E-state index in [1.165, 1.54) is 29.1 Å². The minimum atomic E-state index is -4.51. The highest BCUT2D eigenvalue weighted by atomic mass is 32.1. The van der Waals surface area contributed by atoms with E-state index >= 15 is 0 Å². The Morgan fingerprint density at radius 2 is 1.78 bits per heavy atom. The van der Waals surface area contributed by atoms with Crippen molar-refractivity contribution in [2.24, 2.45) is 0 Å². The molecule has 0 radical (unpaired) electrons. The summed E-state index contributed by atoms with van der Waals surface area (Å²) in [6, 6.07) is 5.72. The fourth-order valence-electron chi connectivity index (χ4n) is 3.07. The Balaban J connectivity index is 1.75. The molecule has 0 unspecified atom stereocenters. The minimum Gasteiger partial charge on any atom is -0.471 e. The van der Waals surface area contributed by atoms with Crippen LogP contribution in [0.3, 0.4) is 0 Å². The average Bonchev–Trinajstić information content (AvgIpc) is 3.42. The molecule has 192 valence electrons. The molecule has 2 heterocycles. The van der Waals surface area contributed by atoms with Crippen molar-refractivity contribution in [2.75, 3.05) is 18.5 Å². The number of halogens is 3. The molecule has 1 aromatic carbocycles. The van der Waals surface area contributed by atoms with E-state index in [1.807, 2.05) is 0 Å². The number of benzene rings is 1. The van der Waals surface area contributed by atoms with Gasteiger partial charge in [-0.15, -0.1) is 11.3 Å². The molecular formula is C23H22F3N3O6S. The molecule has 0 bridgehead atoms. The van der Waals surface area contributed by atoms with Crippen LogP contribution in [0.2, 0.25) is 0 Å². The van der Waals surface area contributed by atoms with Crippen LogP contribution in [0.5, 0.6) is 5.75 Å². The molecule has 0 aliphatic heterocycles. The van der Waals surface area contributed by atoms with Gasteiger partial charge in [-0.25, -0.2) is 14.3 Å². The zero-order valence-corrected chi connectivity index (χ0v) is 20.3. The van der Waals surface area contributed by atoms with Crippen LogP contribution in [0.4, 0.5) is 18.2 Å². The molecule has 0 saturated carbocycles. The van der Waals surface area contributed by atoms with Gasteiger partial charge in [-0.1, -0.05) is 6.07 Å². The summed E-state index contributed by atoms with van der Waals surface area (Å²) in [7, 11) is 0. The maximum Gasteiger partial charge on any atom is 0.416 e. The fourth-order valence-corrected chi connectivity index (χ4v) is 4.15.